The number of esters is 1. The molecule has 1 aliphatic carbocycles. The molecule has 0 unspecified atom stereocenters. The summed E-state index contributed by atoms with van der Waals surface area (Å²) in [7, 11) is 1.10. The topological polar surface area (TPSA) is 73.2 Å². The first-order chi connectivity index (χ1) is 9.32. The van der Waals surface area contributed by atoms with Crippen LogP contribution in [0.2, 0.25) is 0 Å². The van der Waals surface area contributed by atoms with Gasteiger partial charge in [-0.15, -0.1) is 0 Å². The SMILES string of the molecule is COC(=O)c1c(NC(=O)C(F)(F)F)cnn1CC1CC1. The lowest BCUT2D eigenvalue weighted by atomic mass is 10.3. The lowest BCUT2D eigenvalue weighted by molar-refractivity contribution is -0.167. The van der Waals surface area contributed by atoms with Gasteiger partial charge in [-0.2, -0.15) is 18.3 Å². The zero-order valence-corrected chi connectivity index (χ0v) is 10.5. The first kappa shape index (κ1) is 14.4. The highest BCUT2D eigenvalue weighted by molar-refractivity contribution is 6.01. The van der Waals surface area contributed by atoms with Gasteiger partial charge in [-0.05, 0) is 18.8 Å². The summed E-state index contributed by atoms with van der Waals surface area (Å²) in [5.41, 5.74) is -0.489. The summed E-state index contributed by atoms with van der Waals surface area (Å²) in [6.45, 7) is 0.409. The van der Waals surface area contributed by atoms with Gasteiger partial charge in [0.2, 0.25) is 0 Å². The highest BCUT2D eigenvalue weighted by Crippen LogP contribution is 2.32. The van der Waals surface area contributed by atoms with E-state index in [4.69, 9.17) is 0 Å². The third kappa shape index (κ3) is 3.09. The second kappa shape index (κ2) is 5.14. The van der Waals surface area contributed by atoms with Gasteiger partial charge in [0.1, 0.15) is 0 Å². The lowest BCUT2D eigenvalue weighted by Crippen LogP contribution is -2.30. The molecule has 0 radical (unpaired) electrons. The van der Waals surface area contributed by atoms with E-state index in [9.17, 15) is 22.8 Å². The standard InChI is InChI=1S/C11H12F3N3O3/c1-20-9(18)8-7(16-10(19)11(12,13)14)4-15-17(8)5-6-2-3-6/h4,6H,2-3,5H2,1H3,(H,16,19). The molecule has 6 nitrogen and oxygen atoms in total. The van der Waals surface area contributed by atoms with Crippen molar-refractivity contribution < 1.29 is 27.5 Å². The number of rotatable bonds is 4. The molecule has 9 heteroatoms. The van der Waals surface area contributed by atoms with Crippen LogP contribution < -0.4 is 5.32 Å². The maximum absolute atomic E-state index is 12.2. The maximum atomic E-state index is 12.2. The van der Waals surface area contributed by atoms with E-state index in [0.29, 0.717) is 12.5 Å². The predicted octanol–water partition coefficient (Wildman–Crippen LogP) is 1.58. The minimum absolute atomic E-state index is 0.183. The Morgan fingerprint density at radius 1 is 1.50 bits per heavy atom. The van der Waals surface area contributed by atoms with E-state index in [1.807, 2.05) is 0 Å². The highest BCUT2D eigenvalue weighted by atomic mass is 19.4. The molecule has 1 aromatic rings. The van der Waals surface area contributed by atoms with Crippen molar-refractivity contribution in [3.8, 4) is 0 Å². The third-order valence-corrected chi connectivity index (χ3v) is 2.85. The first-order valence-corrected chi connectivity index (χ1v) is 5.85. The zero-order valence-electron chi connectivity index (χ0n) is 10.5. The molecule has 1 aromatic heterocycles. The number of anilines is 1. The Morgan fingerprint density at radius 2 is 2.15 bits per heavy atom. The van der Waals surface area contributed by atoms with Crippen molar-refractivity contribution in [2.75, 3.05) is 12.4 Å². The molecular formula is C11H12F3N3O3. The number of hydrogen-bond acceptors (Lipinski definition) is 4. The summed E-state index contributed by atoms with van der Waals surface area (Å²) in [5, 5.41) is 5.47. The van der Waals surface area contributed by atoms with Crippen molar-refractivity contribution in [3.63, 3.8) is 0 Å². The minimum Gasteiger partial charge on any atom is -0.464 e. The van der Waals surface area contributed by atoms with E-state index in [1.165, 1.54) is 4.68 Å². The van der Waals surface area contributed by atoms with Gasteiger partial charge in [0.15, 0.2) is 5.69 Å². The molecule has 0 bridgehead atoms. The normalized spacial score (nSPS) is 15.0. The smallest absolute Gasteiger partial charge is 0.464 e. The van der Waals surface area contributed by atoms with Crippen LogP contribution in [0, 0.1) is 5.92 Å². The summed E-state index contributed by atoms with van der Waals surface area (Å²) >= 11 is 0. The second-order valence-electron chi connectivity index (χ2n) is 4.48. The first-order valence-electron chi connectivity index (χ1n) is 5.85. The van der Waals surface area contributed by atoms with Crippen LogP contribution in [0.15, 0.2) is 6.20 Å². The van der Waals surface area contributed by atoms with Gasteiger partial charge in [-0.25, -0.2) is 4.79 Å². The van der Waals surface area contributed by atoms with E-state index < -0.39 is 18.1 Å². The molecule has 1 saturated carbocycles. The summed E-state index contributed by atoms with van der Waals surface area (Å²) in [6, 6.07) is 0. The van der Waals surface area contributed by atoms with Crippen LogP contribution >= 0.6 is 0 Å². The molecule has 1 fully saturated rings. The molecule has 0 aromatic carbocycles. The largest absolute Gasteiger partial charge is 0.471 e. The Morgan fingerprint density at radius 3 is 2.65 bits per heavy atom. The van der Waals surface area contributed by atoms with Crippen molar-refractivity contribution in [2.45, 2.75) is 25.6 Å². The quantitative estimate of drug-likeness (QED) is 0.855. The van der Waals surface area contributed by atoms with Gasteiger partial charge in [0, 0.05) is 6.54 Å². The van der Waals surface area contributed by atoms with Crippen LogP contribution in [-0.4, -0.2) is 34.9 Å². The Balaban J connectivity index is 2.25. The summed E-state index contributed by atoms with van der Waals surface area (Å²) in [6.07, 6.45) is -2.07. The Labute approximate surface area is 111 Å². The number of hydrogen-bond donors (Lipinski definition) is 1. The molecule has 1 amide bonds. The average Bonchev–Trinajstić information content (AvgIpc) is 3.09. The van der Waals surface area contributed by atoms with Crippen LogP contribution in [0.25, 0.3) is 0 Å². The summed E-state index contributed by atoms with van der Waals surface area (Å²) in [4.78, 5) is 22.5. The summed E-state index contributed by atoms with van der Waals surface area (Å²) in [5.74, 6) is -2.65. The van der Waals surface area contributed by atoms with E-state index >= 15 is 0 Å². The molecule has 0 aliphatic heterocycles. The van der Waals surface area contributed by atoms with Crippen molar-refractivity contribution in [1.82, 2.24) is 9.78 Å². The van der Waals surface area contributed by atoms with E-state index in [2.05, 4.69) is 9.84 Å². The molecular weight excluding hydrogens is 279 g/mol. The van der Waals surface area contributed by atoms with E-state index in [1.54, 1.807) is 5.32 Å². The number of carbonyl (C=O) groups is 2. The average molecular weight is 291 g/mol. The van der Waals surface area contributed by atoms with Gasteiger partial charge in [0.05, 0.1) is 19.0 Å². The van der Waals surface area contributed by atoms with Gasteiger partial charge in [-0.3, -0.25) is 9.48 Å². The fraction of sp³-hybridized carbons (Fsp3) is 0.545. The van der Waals surface area contributed by atoms with Crippen LogP contribution in [-0.2, 0) is 16.1 Å². The Kier molecular flexibility index (Phi) is 3.69. The molecule has 0 saturated heterocycles. The molecule has 1 aliphatic rings. The van der Waals surface area contributed by atoms with Crippen LogP contribution in [0.5, 0.6) is 0 Å². The summed E-state index contributed by atoms with van der Waals surface area (Å²) < 4.78 is 42.4. The van der Waals surface area contributed by atoms with E-state index in [0.717, 1.165) is 26.1 Å². The number of aromatic nitrogens is 2. The number of nitrogens with one attached hydrogen (secondary N) is 1. The molecule has 0 atom stereocenters. The Bertz CT molecular complexity index is 535. The number of nitrogens with zero attached hydrogens (tertiary/aromatic N) is 2. The monoisotopic (exact) mass is 291 g/mol. The Hall–Kier alpha value is -2.06. The lowest BCUT2D eigenvalue weighted by Gasteiger charge is -2.09. The molecule has 20 heavy (non-hydrogen) atoms. The second-order valence-corrected chi connectivity index (χ2v) is 4.48. The van der Waals surface area contributed by atoms with Gasteiger partial charge in [-0.1, -0.05) is 0 Å². The molecule has 1 N–H and O–H groups in total. The highest BCUT2D eigenvalue weighted by Gasteiger charge is 2.40. The number of ether oxygens (including phenoxy) is 1. The fourth-order valence-corrected chi connectivity index (χ4v) is 1.67. The van der Waals surface area contributed by atoms with Crippen LogP contribution in [0.3, 0.4) is 0 Å². The van der Waals surface area contributed by atoms with E-state index in [-0.39, 0.29) is 11.4 Å². The number of methoxy groups -OCH3 is 1. The van der Waals surface area contributed by atoms with Crippen molar-refractivity contribution in [3.05, 3.63) is 11.9 Å². The van der Waals surface area contributed by atoms with Crippen molar-refractivity contribution in [2.24, 2.45) is 5.92 Å². The molecule has 0 spiro atoms. The van der Waals surface area contributed by atoms with Crippen molar-refractivity contribution in [1.29, 1.82) is 0 Å². The zero-order chi connectivity index (χ0) is 14.9. The molecule has 1 heterocycles. The molecule has 2 rings (SSSR count). The minimum atomic E-state index is -5.04. The van der Waals surface area contributed by atoms with Crippen molar-refractivity contribution >= 4 is 17.6 Å². The predicted molar refractivity (Wildman–Crippen MR) is 61.0 cm³/mol. The maximum Gasteiger partial charge on any atom is 0.471 e. The number of carbonyl (C=O) groups excluding carboxylic acids is 2. The number of halogens is 3. The van der Waals surface area contributed by atoms with Gasteiger partial charge < -0.3 is 10.1 Å². The fourth-order valence-electron chi connectivity index (χ4n) is 1.67. The number of alkyl halides is 3. The third-order valence-electron chi connectivity index (χ3n) is 2.85. The molecule has 110 valence electrons. The number of amides is 1. The van der Waals surface area contributed by atoms with Crippen LogP contribution in [0.4, 0.5) is 18.9 Å². The van der Waals surface area contributed by atoms with Gasteiger partial charge in [0.25, 0.3) is 0 Å². The van der Waals surface area contributed by atoms with Gasteiger partial charge >= 0.3 is 18.1 Å². The van der Waals surface area contributed by atoms with Crippen LogP contribution in [0.1, 0.15) is 23.3 Å².